The molecule has 2 aliphatic rings. The van der Waals surface area contributed by atoms with Crippen molar-refractivity contribution in [3.63, 3.8) is 0 Å². The highest BCUT2D eigenvalue weighted by atomic mass is 16.2. The predicted molar refractivity (Wildman–Crippen MR) is 111 cm³/mol. The molecule has 0 unspecified atom stereocenters. The van der Waals surface area contributed by atoms with E-state index in [4.69, 9.17) is 5.26 Å². The average molecular weight is 415 g/mol. The first-order chi connectivity index (χ1) is 15.1. The highest BCUT2D eigenvalue weighted by molar-refractivity contribution is 6.14. The quantitative estimate of drug-likeness (QED) is 0.348. The molecule has 3 heterocycles. The largest absolute Gasteiger partial charge is 0.351 e. The van der Waals surface area contributed by atoms with Gasteiger partial charge in [-0.2, -0.15) is 24.8 Å². The highest BCUT2D eigenvalue weighted by Gasteiger charge is 2.25. The third kappa shape index (κ3) is 3.86. The van der Waals surface area contributed by atoms with Crippen molar-refractivity contribution in [2.24, 2.45) is 0 Å². The Labute approximate surface area is 176 Å². The molecule has 0 bridgehead atoms. The van der Waals surface area contributed by atoms with Gasteiger partial charge >= 0.3 is 6.03 Å². The number of nitrogens with one attached hydrogen (secondary N) is 4. The molecule has 3 amide bonds. The average Bonchev–Trinajstić information content (AvgIpc) is 3.41. The molecule has 2 aromatic heterocycles. The third-order valence-corrected chi connectivity index (χ3v) is 4.83. The number of hydrogen-bond acceptors (Lipinski definition) is 8. The van der Waals surface area contributed by atoms with E-state index in [1.54, 1.807) is 22.8 Å². The van der Waals surface area contributed by atoms with Crippen molar-refractivity contribution in [1.82, 2.24) is 30.2 Å². The van der Waals surface area contributed by atoms with Crippen LogP contribution in [0, 0.1) is 11.3 Å². The van der Waals surface area contributed by atoms with Crippen LogP contribution in [0.5, 0.6) is 0 Å². The van der Waals surface area contributed by atoms with Gasteiger partial charge in [-0.25, -0.2) is 4.79 Å². The summed E-state index contributed by atoms with van der Waals surface area (Å²) in [6.45, 7) is 0.428. The molecular weight excluding hydrogens is 398 g/mol. The lowest BCUT2D eigenvalue weighted by atomic mass is 10.1. The zero-order valence-electron chi connectivity index (χ0n) is 16.2. The number of anilines is 2. The molecule has 4 N–H and O–H groups in total. The van der Waals surface area contributed by atoms with Gasteiger partial charge in [0.2, 0.25) is 11.9 Å². The number of urea groups is 1. The standard InChI is InChI=1S/C20H17N9O2/c21-8-11-2-1-3-12(6-11)9-22-18-26-16-13(7-15-17(30)27-20(31)25-15)10-23-29(16)19(28-18)24-14-4-5-14/h1-3,6-7,10,14H,4-5,9H2,(H2,22,24,26,28)(H2,25,27,30,31)/b15-7-. The lowest BCUT2D eigenvalue weighted by molar-refractivity contribution is -0.115. The number of imide groups is 1. The van der Waals surface area contributed by atoms with Gasteiger partial charge in [0.1, 0.15) is 5.70 Å². The molecule has 2 fully saturated rings. The molecule has 1 aromatic carbocycles. The molecular formula is C20H17N9O2. The summed E-state index contributed by atoms with van der Waals surface area (Å²) in [4.78, 5) is 32.4. The lowest BCUT2D eigenvalue weighted by Crippen LogP contribution is -2.22. The predicted octanol–water partition coefficient (Wildman–Crippen LogP) is 1.36. The molecule has 1 aliphatic carbocycles. The molecule has 31 heavy (non-hydrogen) atoms. The van der Waals surface area contributed by atoms with Crippen LogP contribution in [-0.2, 0) is 11.3 Å². The number of nitrogens with zero attached hydrogens (tertiary/aromatic N) is 5. The normalized spacial score (nSPS) is 16.8. The Kier molecular flexibility index (Phi) is 4.44. The summed E-state index contributed by atoms with van der Waals surface area (Å²) < 4.78 is 1.57. The van der Waals surface area contributed by atoms with Gasteiger partial charge in [0, 0.05) is 18.2 Å². The van der Waals surface area contributed by atoms with E-state index in [1.807, 2.05) is 12.1 Å². The highest BCUT2D eigenvalue weighted by Crippen LogP contribution is 2.25. The van der Waals surface area contributed by atoms with Crippen molar-refractivity contribution in [3.05, 3.63) is 52.8 Å². The Balaban J connectivity index is 1.49. The molecule has 1 saturated heterocycles. The van der Waals surface area contributed by atoms with E-state index in [0.717, 1.165) is 18.4 Å². The number of carbonyl (C=O) groups excluding carboxylic acids is 2. The van der Waals surface area contributed by atoms with Gasteiger partial charge in [-0.3, -0.25) is 10.1 Å². The summed E-state index contributed by atoms with van der Waals surface area (Å²) in [7, 11) is 0. The molecule has 0 atom stereocenters. The van der Waals surface area contributed by atoms with Crippen molar-refractivity contribution < 1.29 is 9.59 Å². The summed E-state index contributed by atoms with van der Waals surface area (Å²) in [6.07, 6.45) is 5.20. The van der Waals surface area contributed by atoms with Gasteiger partial charge in [0.25, 0.3) is 5.91 Å². The van der Waals surface area contributed by atoms with Crippen molar-refractivity contribution >= 4 is 35.6 Å². The summed E-state index contributed by atoms with van der Waals surface area (Å²) >= 11 is 0. The van der Waals surface area contributed by atoms with Crippen LogP contribution < -0.4 is 21.3 Å². The summed E-state index contributed by atoms with van der Waals surface area (Å²) in [5, 5.41) is 24.6. The van der Waals surface area contributed by atoms with Crippen molar-refractivity contribution in [1.29, 1.82) is 5.26 Å². The van der Waals surface area contributed by atoms with Crippen molar-refractivity contribution in [2.45, 2.75) is 25.4 Å². The van der Waals surface area contributed by atoms with Crippen molar-refractivity contribution in [3.8, 4) is 6.07 Å². The fourth-order valence-corrected chi connectivity index (χ4v) is 3.15. The van der Waals surface area contributed by atoms with Gasteiger partial charge in [-0.1, -0.05) is 12.1 Å². The molecule has 0 radical (unpaired) electrons. The minimum atomic E-state index is -0.569. The smallest absolute Gasteiger partial charge is 0.326 e. The molecule has 5 rings (SSSR count). The maximum atomic E-state index is 11.9. The van der Waals surface area contributed by atoms with E-state index >= 15 is 0 Å². The van der Waals surface area contributed by atoms with E-state index < -0.39 is 11.9 Å². The zero-order valence-corrected chi connectivity index (χ0v) is 16.2. The van der Waals surface area contributed by atoms with E-state index in [-0.39, 0.29) is 5.70 Å². The van der Waals surface area contributed by atoms with Crippen LogP contribution in [0.2, 0.25) is 0 Å². The first kappa shape index (κ1) is 18.6. The minimum absolute atomic E-state index is 0.123. The first-order valence-corrected chi connectivity index (χ1v) is 9.68. The molecule has 3 aromatic rings. The maximum Gasteiger partial charge on any atom is 0.326 e. The van der Waals surface area contributed by atoms with Gasteiger partial charge < -0.3 is 16.0 Å². The Bertz CT molecular complexity index is 1280. The number of amides is 3. The van der Waals surface area contributed by atoms with E-state index in [9.17, 15) is 9.59 Å². The van der Waals surface area contributed by atoms with Crippen LogP contribution in [-0.4, -0.2) is 37.6 Å². The number of nitriles is 1. The molecule has 11 heteroatoms. The lowest BCUT2D eigenvalue weighted by Gasteiger charge is -2.10. The van der Waals surface area contributed by atoms with E-state index in [0.29, 0.717) is 41.3 Å². The van der Waals surface area contributed by atoms with Crippen molar-refractivity contribution in [2.75, 3.05) is 10.6 Å². The molecule has 154 valence electrons. The minimum Gasteiger partial charge on any atom is -0.351 e. The second kappa shape index (κ2) is 7.42. The molecule has 0 spiro atoms. The number of aromatic nitrogens is 4. The first-order valence-electron chi connectivity index (χ1n) is 9.68. The second-order valence-electron chi connectivity index (χ2n) is 7.26. The second-order valence-corrected chi connectivity index (χ2v) is 7.26. The summed E-state index contributed by atoms with van der Waals surface area (Å²) in [5.41, 5.74) is 2.66. The van der Waals surface area contributed by atoms with Crippen LogP contribution in [0.15, 0.2) is 36.2 Å². The van der Waals surface area contributed by atoms with Gasteiger partial charge in [-0.05, 0) is 36.6 Å². The van der Waals surface area contributed by atoms with Gasteiger partial charge in [-0.15, -0.1) is 0 Å². The van der Waals surface area contributed by atoms with Gasteiger partial charge in [0.05, 0.1) is 17.8 Å². The monoisotopic (exact) mass is 415 g/mol. The fraction of sp³-hybridized carbons (Fsp3) is 0.200. The Morgan fingerprint density at radius 1 is 1.26 bits per heavy atom. The maximum absolute atomic E-state index is 11.9. The molecule has 11 nitrogen and oxygen atoms in total. The molecule has 1 saturated carbocycles. The number of hydrogen-bond donors (Lipinski definition) is 4. The number of fused-ring (bicyclic) bond motifs is 1. The number of benzene rings is 1. The number of carbonyl (C=O) groups is 2. The van der Waals surface area contributed by atoms with Crippen LogP contribution in [0.4, 0.5) is 16.7 Å². The van der Waals surface area contributed by atoms with Crippen LogP contribution in [0.1, 0.15) is 29.5 Å². The summed E-state index contributed by atoms with van der Waals surface area (Å²) in [5.74, 6) is 0.397. The Morgan fingerprint density at radius 3 is 2.87 bits per heavy atom. The molecule has 1 aliphatic heterocycles. The summed E-state index contributed by atoms with van der Waals surface area (Å²) in [6, 6.07) is 9.16. The Hall–Kier alpha value is -4.46. The number of rotatable bonds is 6. The van der Waals surface area contributed by atoms with Crippen LogP contribution in [0.3, 0.4) is 0 Å². The SMILES string of the molecule is N#Cc1cccc(CNc2nc(NC3CC3)n3ncc(/C=C4\NC(=O)NC4=O)c3n2)c1. The zero-order chi connectivity index (χ0) is 21.4. The van der Waals surface area contributed by atoms with Crippen LogP contribution in [0.25, 0.3) is 11.7 Å². The third-order valence-electron chi connectivity index (χ3n) is 4.83. The van der Waals surface area contributed by atoms with E-state index in [2.05, 4.69) is 42.4 Å². The van der Waals surface area contributed by atoms with Crippen LogP contribution >= 0.6 is 0 Å². The van der Waals surface area contributed by atoms with E-state index in [1.165, 1.54) is 6.08 Å². The van der Waals surface area contributed by atoms with Gasteiger partial charge in [0.15, 0.2) is 5.65 Å². The Morgan fingerprint density at radius 2 is 2.13 bits per heavy atom. The topological polar surface area (TPSA) is 149 Å². The fourth-order valence-electron chi connectivity index (χ4n) is 3.15.